The Kier molecular flexibility index (Phi) is 3.86. The molecule has 0 amide bonds. The van der Waals surface area contributed by atoms with Gasteiger partial charge in [0.25, 0.3) is 0 Å². The highest BCUT2D eigenvalue weighted by Gasteiger charge is 2.28. The molecule has 2 rings (SSSR count). The van der Waals surface area contributed by atoms with Gasteiger partial charge in [-0.3, -0.25) is 0 Å². The molecule has 1 aromatic rings. The van der Waals surface area contributed by atoms with Crippen LogP contribution in [-0.2, 0) is 11.3 Å². The summed E-state index contributed by atoms with van der Waals surface area (Å²) in [4.78, 5) is 0. The molecule has 0 bridgehead atoms. The van der Waals surface area contributed by atoms with Crippen LogP contribution in [0.15, 0.2) is 18.2 Å². The van der Waals surface area contributed by atoms with E-state index in [2.05, 4.69) is 5.32 Å². The average molecular weight is 237 g/mol. The molecule has 0 aromatic heterocycles. The zero-order chi connectivity index (χ0) is 12.3. The quantitative estimate of drug-likeness (QED) is 0.818. The van der Waals surface area contributed by atoms with Crippen molar-refractivity contribution in [3.05, 3.63) is 23.8 Å². The summed E-state index contributed by atoms with van der Waals surface area (Å²) < 4.78 is 10.4. The molecule has 0 radical (unpaired) electrons. The summed E-state index contributed by atoms with van der Waals surface area (Å²) in [6, 6.07) is 5.76. The predicted octanol–water partition coefficient (Wildman–Crippen LogP) is 1.67. The number of rotatable bonds is 5. The van der Waals surface area contributed by atoms with E-state index in [-0.39, 0.29) is 0 Å². The highest BCUT2D eigenvalue weighted by atomic mass is 16.5. The van der Waals surface area contributed by atoms with Crippen LogP contribution in [0.4, 0.5) is 0 Å². The lowest BCUT2D eigenvalue weighted by Crippen LogP contribution is -2.44. The van der Waals surface area contributed by atoms with Gasteiger partial charge in [-0.2, -0.15) is 0 Å². The number of hydrogen-bond acceptors (Lipinski definition) is 4. The maximum Gasteiger partial charge on any atom is 0.120 e. The number of ether oxygens (including phenoxy) is 2. The van der Waals surface area contributed by atoms with Crippen LogP contribution in [0.5, 0.6) is 11.5 Å². The van der Waals surface area contributed by atoms with Gasteiger partial charge in [0.15, 0.2) is 0 Å². The monoisotopic (exact) mass is 237 g/mol. The normalized spacial score (nSPS) is 23.2. The molecule has 4 heteroatoms. The zero-order valence-electron chi connectivity index (χ0n) is 10.3. The number of benzene rings is 1. The summed E-state index contributed by atoms with van der Waals surface area (Å²) in [5.74, 6) is 1.07. The van der Waals surface area contributed by atoms with Crippen LogP contribution in [0.2, 0.25) is 0 Å². The maximum atomic E-state index is 9.71. The molecular weight excluding hydrogens is 218 g/mol. The number of aromatic hydroxyl groups is 1. The smallest absolute Gasteiger partial charge is 0.120 e. The van der Waals surface area contributed by atoms with Crippen molar-refractivity contribution < 1.29 is 14.6 Å². The second-order valence-corrected chi connectivity index (χ2v) is 4.40. The second-order valence-electron chi connectivity index (χ2n) is 4.40. The number of phenols is 1. The number of phenolic OH excluding ortho intramolecular Hbond substituents is 1. The van der Waals surface area contributed by atoms with Crippen LogP contribution in [0.1, 0.15) is 18.4 Å². The van der Waals surface area contributed by atoms with E-state index in [4.69, 9.17) is 9.47 Å². The maximum absolute atomic E-state index is 9.71. The highest BCUT2D eigenvalue weighted by molar-refractivity contribution is 5.39. The van der Waals surface area contributed by atoms with Gasteiger partial charge >= 0.3 is 0 Å². The van der Waals surface area contributed by atoms with Crippen molar-refractivity contribution in [1.29, 1.82) is 0 Å². The van der Waals surface area contributed by atoms with Crippen molar-refractivity contribution in [1.82, 2.24) is 5.32 Å². The molecule has 0 saturated heterocycles. The molecule has 1 aromatic carbocycles. The molecule has 1 saturated carbocycles. The summed E-state index contributed by atoms with van der Waals surface area (Å²) in [7, 11) is 3.37. The van der Waals surface area contributed by atoms with Gasteiger partial charge in [-0.25, -0.2) is 0 Å². The van der Waals surface area contributed by atoms with Crippen molar-refractivity contribution in [2.75, 3.05) is 14.2 Å². The van der Waals surface area contributed by atoms with Crippen LogP contribution in [0.3, 0.4) is 0 Å². The lowest BCUT2D eigenvalue weighted by Gasteiger charge is -2.34. The molecule has 0 aliphatic heterocycles. The fourth-order valence-electron chi connectivity index (χ4n) is 2.01. The van der Waals surface area contributed by atoms with Crippen LogP contribution in [0, 0.1) is 0 Å². The van der Waals surface area contributed by atoms with Crippen LogP contribution in [-0.4, -0.2) is 31.5 Å². The molecule has 4 nitrogen and oxygen atoms in total. The van der Waals surface area contributed by atoms with Gasteiger partial charge in [0, 0.05) is 25.3 Å². The van der Waals surface area contributed by atoms with E-state index < -0.39 is 0 Å². The molecule has 0 unspecified atom stereocenters. The Hall–Kier alpha value is -1.26. The first kappa shape index (κ1) is 12.2. The number of methoxy groups -OCH3 is 2. The van der Waals surface area contributed by atoms with Gasteiger partial charge in [0.1, 0.15) is 11.5 Å². The van der Waals surface area contributed by atoms with Crippen molar-refractivity contribution in [3.63, 3.8) is 0 Å². The molecule has 0 spiro atoms. The minimum absolute atomic E-state index is 0.306. The van der Waals surface area contributed by atoms with E-state index in [9.17, 15) is 5.11 Å². The van der Waals surface area contributed by atoms with E-state index in [1.807, 2.05) is 6.07 Å². The highest BCUT2D eigenvalue weighted by Crippen LogP contribution is 2.26. The molecule has 2 N–H and O–H groups in total. The Morgan fingerprint density at radius 1 is 1.35 bits per heavy atom. The Balaban J connectivity index is 1.86. The topological polar surface area (TPSA) is 50.7 Å². The third-order valence-corrected chi connectivity index (χ3v) is 3.30. The Morgan fingerprint density at radius 3 is 2.76 bits per heavy atom. The molecule has 0 heterocycles. The molecule has 94 valence electrons. The average Bonchev–Trinajstić information content (AvgIpc) is 2.29. The molecule has 1 aliphatic carbocycles. The molecule has 1 fully saturated rings. The van der Waals surface area contributed by atoms with Gasteiger partial charge < -0.3 is 19.9 Å². The number of hydrogen-bond donors (Lipinski definition) is 2. The largest absolute Gasteiger partial charge is 0.508 e. The molecule has 0 atom stereocenters. The predicted molar refractivity (Wildman–Crippen MR) is 65.3 cm³/mol. The lowest BCUT2D eigenvalue weighted by atomic mass is 9.89. The van der Waals surface area contributed by atoms with Crippen LogP contribution < -0.4 is 10.1 Å². The minimum atomic E-state index is 0.306. The van der Waals surface area contributed by atoms with Crippen molar-refractivity contribution >= 4 is 0 Å². The Morgan fingerprint density at radius 2 is 2.12 bits per heavy atom. The summed E-state index contributed by atoms with van der Waals surface area (Å²) in [6.45, 7) is 0.657. The van der Waals surface area contributed by atoms with E-state index in [1.165, 1.54) is 0 Å². The van der Waals surface area contributed by atoms with Crippen molar-refractivity contribution in [2.24, 2.45) is 0 Å². The van der Waals surface area contributed by atoms with Gasteiger partial charge in [0.05, 0.1) is 13.2 Å². The summed E-state index contributed by atoms with van der Waals surface area (Å²) >= 11 is 0. The first-order valence-electron chi connectivity index (χ1n) is 5.85. The number of nitrogens with one attached hydrogen (secondary N) is 1. The van der Waals surface area contributed by atoms with Gasteiger partial charge in [-0.15, -0.1) is 0 Å². The fraction of sp³-hybridized carbons (Fsp3) is 0.538. The Labute approximate surface area is 102 Å². The van der Waals surface area contributed by atoms with Gasteiger partial charge in [-0.05, 0) is 31.0 Å². The first-order valence-corrected chi connectivity index (χ1v) is 5.85. The molecule has 17 heavy (non-hydrogen) atoms. The van der Waals surface area contributed by atoms with Crippen LogP contribution in [0.25, 0.3) is 0 Å². The fourth-order valence-corrected chi connectivity index (χ4v) is 2.01. The van der Waals surface area contributed by atoms with E-state index in [0.717, 1.165) is 24.2 Å². The standard InChI is InChI=1S/C13H19NO3/c1-16-11-3-4-13(15)9(5-11)8-14-10-6-12(7-10)17-2/h3-5,10,12,14-15H,6-8H2,1-2H3. The summed E-state index contributed by atoms with van der Waals surface area (Å²) in [6.07, 6.45) is 2.48. The Bertz CT molecular complexity index is 375. The van der Waals surface area contributed by atoms with E-state index >= 15 is 0 Å². The van der Waals surface area contributed by atoms with Crippen molar-refractivity contribution in [2.45, 2.75) is 31.5 Å². The van der Waals surface area contributed by atoms with Crippen molar-refractivity contribution in [3.8, 4) is 11.5 Å². The van der Waals surface area contributed by atoms with Gasteiger partial charge in [0.2, 0.25) is 0 Å². The second kappa shape index (κ2) is 5.38. The third kappa shape index (κ3) is 2.90. The third-order valence-electron chi connectivity index (χ3n) is 3.30. The molecule has 1 aliphatic rings. The SMILES string of the molecule is COc1ccc(O)c(CNC2CC(OC)C2)c1. The minimum Gasteiger partial charge on any atom is -0.508 e. The summed E-state index contributed by atoms with van der Waals surface area (Å²) in [5, 5.41) is 13.1. The molecular formula is C13H19NO3. The van der Waals surface area contributed by atoms with E-state index in [1.54, 1.807) is 26.4 Å². The van der Waals surface area contributed by atoms with Crippen LogP contribution >= 0.6 is 0 Å². The zero-order valence-corrected chi connectivity index (χ0v) is 10.3. The lowest BCUT2D eigenvalue weighted by molar-refractivity contribution is 0.0169. The van der Waals surface area contributed by atoms with Gasteiger partial charge in [-0.1, -0.05) is 0 Å². The van der Waals surface area contributed by atoms with E-state index in [0.29, 0.717) is 24.4 Å². The first-order chi connectivity index (χ1) is 8.22. The summed E-state index contributed by atoms with van der Waals surface area (Å²) in [5.41, 5.74) is 0.866.